The van der Waals surface area contributed by atoms with E-state index in [2.05, 4.69) is 0 Å². The van der Waals surface area contributed by atoms with Gasteiger partial charge < -0.3 is 5.11 Å². The van der Waals surface area contributed by atoms with Gasteiger partial charge in [-0.2, -0.15) is 0 Å². The summed E-state index contributed by atoms with van der Waals surface area (Å²) in [4.78, 5) is 10.2. The molecular formula is C14H26O2. The van der Waals surface area contributed by atoms with Crippen molar-refractivity contribution in [2.45, 2.75) is 48.0 Å². The third-order valence-electron chi connectivity index (χ3n) is 1.20. The molecule has 0 aliphatic carbocycles. The van der Waals surface area contributed by atoms with Gasteiger partial charge in [0.1, 0.15) is 0 Å². The van der Waals surface area contributed by atoms with Crippen molar-refractivity contribution in [1.82, 2.24) is 0 Å². The molecular weight excluding hydrogens is 200 g/mol. The third-order valence-corrected chi connectivity index (χ3v) is 1.20. The molecule has 0 aliphatic heterocycles. The molecule has 1 aromatic rings. The maximum atomic E-state index is 10.2. The van der Waals surface area contributed by atoms with Gasteiger partial charge in [-0.15, -0.1) is 0 Å². The average Bonchev–Trinajstić information content (AvgIpc) is 2.37. The molecule has 16 heavy (non-hydrogen) atoms. The summed E-state index contributed by atoms with van der Waals surface area (Å²) in [5, 5.41) is 8.37. The van der Waals surface area contributed by atoms with Crippen LogP contribution in [0, 0.1) is 0 Å². The Morgan fingerprint density at radius 1 is 0.938 bits per heavy atom. The minimum Gasteiger partial charge on any atom is -0.481 e. The van der Waals surface area contributed by atoms with Gasteiger partial charge in [0.25, 0.3) is 0 Å². The van der Waals surface area contributed by atoms with Crippen LogP contribution in [0.25, 0.3) is 0 Å². The fourth-order valence-electron chi connectivity index (χ4n) is 0.770. The second-order valence-electron chi connectivity index (χ2n) is 2.06. The lowest BCUT2D eigenvalue weighted by Gasteiger charge is -1.92. The molecule has 2 heteroatoms. The van der Waals surface area contributed by atoms with E-state index in [4.69, 9.17) is 5.11 Å². The SMILES string of the molecule is CC.CC.CC.O=C(O)Cc1ccccc1. The lowest BCUT2D eigenvalue weighted by atomic mass is 10.2. The summed E-state index contributed by atoms with van der Waals surface area (Å²) in [5.41, 5.74) is 0.843. The first-order valence-corrected chi connectivity index (χ1v) is 6.05. The fourth-order valence-corrected chi connectivity index (χ4v) is 0.770. The molecule has 0 saturated heterocycles. The number of benzene rings is 1. The Labute approximate surface area is 100 Å². The summed E-state index contributed by atoms with van der Waals surface area (Å²) in [6.45, 7) is 12.0. The van der Waals surface area contributed by atoms with Crippen LogP contribution >= 0.6 is 0 Å². The highest BCUT2D eigenvalue weighted by molar-refractivity contribution is 5.70. The summed E-state index contributed by atoms with van der Waals surface area (Å²) < 4.78 is 0. The van der Waals surface area contributed by atoms with Gasteiger partial charge in [-0.3, -0.25) is 4.79 Å². The predicted octanol–water partition coefficient (Wildman–Crippen LogP) is 4.39. The summed E-state index contributed by atoms with van der Waals surface area (Å²) in [6, 6.07) is 9.13. The molecule has 2 nitrogen and oxygen atoms in total. The standard InChI is InChI=1S/C8H8O2.3C2H6/c9-8(10)6-7-4-2-1-3-5-7;3*1-2/h1-5H,6H2,(H,9,10);3*1-2H3. The van der Waals surface area contributed by atoms with E-state index < -0.39 is 5.97 Å². The topological polar surface area (TPSA) is 37.3 Å². The molecule has 1 rings (SSSR count). The molecule has 94 valence electrons. The second kappa shape index (κ2) is 19.3. The summed E-state index contributed by atoms with van der Waals surface area (Å²) >= 11 is 0. The number of rotatable bonds is 2. The molecule has 0 unspecified atom stereocenters. The van der Waals surface area contributed by atoms with Crippen molar-refractivity contribution in [3.8, 4) is 0 Å². The first-order valence-electron chi connectivity index (χ1n) is 6.05. The molecule has 1 aromatic carbocycles. The molecule has 0 heterocycles. The Bertz CT molecular complexity index is 217. The Kier molecular flexibility index (Phi) is 24.3. The van der Waals surface area contributed by atoms with Crippen LogP contribution in [0.5, 0.6) is 0 Å². The normalized spacial score (nSPS) is 6.88. The Morgan fingerprint density at radius 2 is 1.31 bits per heavy atom. The number of carboxylic acids is 1. The fraction of sp³-hybridized carbons (Fsp3) is 0.500. The van der Waals surface area contributed by atoms with Gasteiger partial charge in [-0.05, 0) is 5.56 Å². The zero-order valence-corrected chi connectivity index (χ0v) is 11.4. The minimum absolute atomic E-state index is 0.112. The Hall–Kier alpha value is -1.31. The monoisotopic (exact) mass is 226 g/mol. The number of carbonyl (C=O) groups is 1. The zero-order chi connectivity index (χ0) is 13.4. The first-order chi connectivity index (χ1) is 7.79. The summed E-state index contributed by atoms with van der Waals surface area (Å²) in [7, 11) is 0. The van der Waals surface area contributed by atoms with Crippen molar-refractivity contribution in [3.05, 3.63) is 35.9 Å². The smallest absolute Gasteiger partial charge is 0.307 e. The number of hydrogen-bond donors (Lipinski definition) is 1. The Balaban J connectivity index is -0.000000245. The average molecular weight is 226 g/mol. The van der Waals surface area contributed by atoms with Gasteiger partial charge in [0, 0.05) is 0 Å². The van der Waals surface area contributed by atoms with Crippen molar-refractivity contribution < 1.29 is 9.90 Å². The van der Waals surface area contributed by atoms with Crippen LogP contribution < -0.4 is 0 Å². The van der Waals surface area contributed by atoms with Crippen molar-refractivity contribution in [3.63, 3.8) is 0 Å². The van der Waals surface area contributed by atoms with Gasteiger partial charge in [0.05, 0.1) is 6.42 Å². The molecule has 0 saturated carbocycles. The van der Waals surface area contributed by atoms with E-state index >= 15 is 0 Å². The highest BCUT2D eigenvalue weighted by Gasteiger charge is 1.96. The van der Waals surface area contributed by atoms with Crippen LogP contribution in [0.1, 0.15) is 47.1 Å². The third kappa shape index (κ3) is 15.2. The second-order valence-corrected chi connectivity index (χ2v) is 2.06. The van der Waals surface area contributed by atoms with Crippen LogP contribution in [0.15, 0.2) is 30.3 Å². The van der Waals surface area contributed by atoms with Crippen molar-refractivity contribution in [2.75, 3.05) is 0 Å². The van der Waals surface area contributed by atoms with E-state index in [1.165, 1.54) is 0 Å². The van der Waals surface area contributed by atoms with Crippen molar-refractivity contribution in [2.24, 2.45) is 0 Å². The lowest BCUT2D eigenvalue weighted by molar-refractivity contribution is -0.136. The van der Waals surface area contributed by atoms with E-state index in [0.717, 1.165) is 5.56 Å². The van der Waals surface area contributed by atoms with Crippen molar-refractivity contribution >= 4 is 5.97 Å². The number of hydrogen-bond acceptors (Lipinski definition) is 1. The van der Waals surface area contributed by atoms with Crippen LogP contribution in [0.3, 0.4) is 0 Å². The molecule has 0 bridgehead atoms. The molecule has 0 aromatic heterocycles. The van der Waals surface area contributed by atoms with E-state index in [1.807, 2.05) is 59.7 Å². The van der Waals surface area contributed by atoms with Crippen LogP contribution in [-0.4, -0.2) is 11.1 Å². The van der Waals surface area contributed by atoms with Gasteiger partial charge in [-0.25, -0.2) is 0 Å². The van der Waals surface area contributed by atoms with E-state index in [9.17, 15) is 4.79 Å². The van der Waals surface area contributed by atoms with E-state index in [-0.39, 0.29) is 6.42 Å². The van der Waals surface area contributed by atoms with Gasteiger partial charge >= 0.3 is 5.97 Å². The molecule has 0 atom stereocenters. The first kappa shape index (κ1) is 20.1. The zero-order valence-electron chi connectivity index (χ0n) is 11.4. The minimum atomic E-state index is -0.786. The predicted molar refractivity (Wildman–Crippen MR) is 71.8 cm³/mol. The quantitative estimate of drug-likeness (QED) is 0.812. The molecule has 0 radical (unpaired) electrons. The van der Waals surface area contributed by atoms with E-state index in [0.29, 0.717) is 0 Å². The maximum Gasteiger partial charge on any atom is 0.307 e. The Morgan fingerprint density at radius 3 is 1.62 bits per heavy atom. The summed E-state index contributed by atoms with van der Waals surface area (Å²) in [5.74, 6) is -0.786. The van der Waals surface area contributed by atoms with Crippen molar-refractivity contribution in [1.29, 1.82) is 0 Å². The van der Waals surface area contributed by atoms with Gasteiger partial charge in [0.15, 0.2) is 0 Å². The van der Waals surface area contributed by atoms with Crippen LogP contribution in [0.4, 0.5) is 0 Å². The van der Waals surface area contributed by atoms with E-state index in [1.54, 1.807) is 12.1 Å². The molecule has 0 spiro atoms. The van der Waals surface area contributed by atoms with Gasteiger partial charge in [0.2, 0.25) is 0 Å². The molecule has 0 amide bonds. The van der Waals surface area contributed by atoms with Gasteiger partial charge in [-0.1, -0.05) is 71.9 Å². The molecule has 0 aliphatic rings. The van der Waals surface area contributed by atoms with Crippen LogP contribution in [-0.2, 0) is 11.2 Å². The lowest BCUT2D eigenvalue weighted by Crippen LogP contribution is -1.98. The highest BCUT2D eigenvalue weighted by atomic mass is 16.4. The number of carboxylic acid groups (broad SMARTS) is 1. The highest BCUT2D eigenvalue weighted by Crippen LogP contribution is 1.98. The molecule has 1 N–H and O–H groups in total. The van der Waals surface area contributed by atoms with Crippen LogP contribution in [0.2, 0.25) is 0 Å². The largest absolute Gasteiger partial charge is 0.481 e. The maximum absolute atomic E-state index is 10.2. The molecule has 0 fully saturated rings. The summed E-state index contributed by atoms with van der Waals surface area (Å²) in [6.07, 6.45) is 0.112. The number of aliphatic carboxylic acids is 1.